The predicted molar refractivity (Wildman–Crippen MR) is 123 cm³/mol. The van der Waals surface area contributed by atoms with E-state index in [1.165, 1.54) is 23.9 Å². The Labute approximate surface area is 184 Å². The molecular weight excluding hydrogens is 411 g/mol. The quantitative estimate of drug-likeness (QED) is 0.374. The number of rotatable bonds is 7. The number of benzene rings is 2. The summed E-state index contributed by atoms with van der Waals surface area (Å²) >= 11 is 1.48. The maximum absolute atomic E-state index is 13.5. The van der Waals surface area contributed by atoms with Crippen molar-refractivity contribution < 1.29 is 9.18 Å². The first kappa shape index (κ1) is 21.1. The van der Waals surface area contributed by atoms with Gasteiger partial charge in [0.1, 0.15) is 12.4 Å². The van der Waals surface area contributed by atoms with Crippen molar-refractivity contribution in [3.8, 4) is 0 Å². The minimum atomic E-state index is -0.261. The number of aromatic nitrogens is 3. The molecule has 0 saturated heterocycles. The topological polar surface area (TPSA) is 51.0 Å². The highest BCUT2D eigenvalue weighted by molar-refractivity contribution is 7.98. The van der Waals surface area contributed by atoms with E-state index in [1.807, 2.05) is 54.8 Å². The summed E-state index contributed by atoms with van der Waals surface area (Å²) in [6.45, 7) is 4.69. The van der Waals surface area contributed by atoms with Gasteiger partial charge >= 0.3 is 0 Å². The van der Waals surface area contributed by atoms with Crippen molar-refractivity contribution in [3.63, 3.8) is 0 Å². The van der Waals surface area contributed by atoms with Crippen molar-refractivity contribution in [2.24, 2.45) is 0 Å². The number of amides is 1. The number of thioether (sulfide) groups is 1. The van der Waals surface area contributed by atoms with Crippen molar-refractivity contribution in [2.45, 2.75) is 31.3 Å². The summed E-state index contributed by atoms with van der Waals surface area (Å²) in [6.07, 6.45) is 3.42. The van der Waals surface area contributed by atoms with E-state index in [2.05, 4.69) is 4.98 Å². The molecule has 158 valence electrons. The van der Waals surface area contributed by atoms with Gasteiger partial charge in [0.15, 0.2) is 5.16 Å². The predicted octanol–water partition coefficient (Wildman–Crippen LogP) is 5.22. The number of hydrogen-bond donors (Lipinski definition) is 0. The first-order chi connectivity index (χ1) is 15.0. The Morgan fingerprint density at radius 1 is 1.16 bits per heavy atom. The van der Waals surface area contributed by atoms with Crippen LogP contribution in [-0.4, -0.2) is 27.0 Å². The number of aryl methyl sites for hydroxylation is 1. The number of anilines is 1. The Morgan fingerprint density at radius 3 is 2.77 bits per heavy atom. The van der Waals surface area contributed by atoms with Gasteiger partial charge in [0.25, 0.3) is 0 Å². The standard InChI is InChI=1S/C24H23FN4OS/c1-3-28(20-9-4-6-17(2)12-20)23(30)15-29-22-14-26-11-10-21(22)27-24(29)31-16-18-7-5-8-19(25)13-18/h4-14H,3,15-16H2,1-2H3. The van der Waals surface area contributed by atoms with E-state index in [0.717, 1.165) is 27.8 Å². The first-order valence-electron chi connectivity index (χ1n) is 10.1. The molecule has 0 bridgehead atoms. The number of pyridine rings is 1. The van der Waals surface area contributed by atoms with Crippen LogP contribution in [0.25, 0.3) is 11.0 Å². The minimum absolute atomic E-state index is 0.0242. The number of hydrogen-bond acceptors (Lipinski definition) is 4. The van der Waals surface area contributed by atoms with Crippen molar-refractivity contribution in [1.29, 1.82) is 0 Å². The summed E-state index contributed by atoms with van der Waals surface area (Å²) in [7, 11) is 0. The molecule has 0 aliphatic carbocycles. The van der Waals surface area contributed by atoms with Crippen molar-refractivity contribution in [2.75, 3.05) is 11.4 Å². The zero-order valence-corrected chi connectivity index (χ0v) is 18.3. The zero-order valence-electron chi connectivity index (χ0n) is 17.5. The summed E-state index contributed by atoms with van der Waals surface area (Å²) in [5, 5.41) is 0.709. The molecule has 1 amide bonds. The molecule has 2 aromatic carbocycles. The van der Waals surface area contributed by atoms with Crippen molar-refractivity contribution >= 4 is 34.4 Å². The molecule has 0 fully saturated rings. The van der Waals surface area contributed by atoms with Gasteiger partial charge in [-0.05, 0) is 55.3 Å². The van der Waals surface area contributed by atoms with Gasteiger partial charge < -0.3 is 9.47 Å². The minimum Gasteiger partial charge on any atom is -0.311 e. The normalized spacial score (nSPS) is 11.1. The van der Waals surface area contributed by atoms with Gasteiger partial charge in [-0.3, -0.25) is 9.78 Å². The number of carbonyl (C=O) groups is 1. The molecule has 5 nitrogen and oxygen atoms in total. The van der Waals surface area contributed by atoms with Crippen LogP contribution in [0.15, 0.2) is 72.1 Å². The van der Waals surface area contributed by atoms with Gasteiger partial charge in [-0.1, -0.05) is 36.0 Å². The molecule has 0 unspecified atom stereocenters. The lowest BCUT2D eigenvalue weighted by Crippen LogP contribution is -2.33. The second kappa shape index (κ2) is 9.31. The molecular formula is C24H23FN4OS. The Bertz CT molecular complexity index is 1220. The number of carbonyl (C=O) groups excluding carboxylic acids is 1. The van der Waals surface area contributed by atoms with E-state index in [9.17, 15) is 9.18 Å². The van der Waals surface area contributed by atoms with Crippen molar-refractivity contribution in [3.05, 3.63) is 83.9 Å². The molecule has 7 heteroatoms. The molecule has 4 rings (SSSR count). The highest BCUT2D eigenvalue weighted by Crippen LogP contribution is 2.27. The van der Waals surface area contributed by atoms with E-state index < -0.39 is 0 Å². The van der Waals surface area contributed by atoms with Crippen LogP contribution >= 0.6 is 11.8 Å². The van der Waals surface area contributed by atoms with E-state index in [1.54, 1.807) is 23.4 Å². The fourth-order valence-corrected chi connectivity index (χ4v) is 4.46. The van der Waals surface area contributed by atoms with Crippen LogP contribution < -0.4 is 4.90 Å². The average Bonchev–Trinajstić information content (AvgIpc) is 3.10. The maximum atomic E-state index is 13.5. The molecule has 0 aliphatic rings. The number of imidazole rings is 1. The number of likely N-dealkylation sites (N-methyl/N-ethyl adjacent to an activating group) is 1. The summed E-state index contributed by atoms with van der Waals surface area (Å²) in [5.74, 6) is 0.268. The molecule has 2 heterocycles. The Kier molecular flexibility index (Phi) is 6.32. The van der Waals surface area contributed by atoms with Gasteiger partial charge in [0, 0.05) is 24.2 Å². The van der Waals surface area contributed by atoms with Crippen LogP contribution in [0.3, 0.4) is 0 Å². The van der Waals surface area contributed by atoms with Gasteiger partial charge in [-0.15, -0.1) is 0 Å². The molecule has 0 spiro atoms. The lowest BCUT2D eigenvalue weighted by atomic mass is 10.2. The Morgan fingerprint density at radius 2 is 2.00 bits per heavy atom. The molecule has 2 aromatic heterocycles. The fourth-order valence-electron chi connectivity index (χ4n) is 3.50. The maximum Gasteiger partial charge on any atom is 0.247 e. The lowest BCUT2D eigenvalue weighted by molar-refractivity contribution is -0.119. The van der Waals surface area contributed by atoms with Crippen LogP contribution in [0.2, 0.25) is 0 Å². The van der Waals surface area contributed by atoms with Crippen LogP contribution in [0.1, 0.15) is 18.1 Å². The van der Waals surface area contributed by atoms with Gasteiger partial charge in [-0.2, -0.15) is 0 Å². The molecule has 0 atom stereocenters. The molecule has 0 radical (unpaired) electrons. The highest BCUT2D eigenvalue weighted by atomic mass is 32.2. The van der Waals surface area contributed by atoms with Gasteiger partial charge in [0.2, 0.25) is 5.91 Å². The van der Waals surface area contributed by atoms with E-state index in [4.69, 9.17) is 4.98 Å². The average molecular weight is 435 g/mol. The number of nitrogens with zero attached hydrogens (tertiary/aromatic N) is 4. The third kappa shape index (κ3) is 4.77. The van der Waals surface area contributed by atoms with E-state index in [0.29, 0.717) is 17.5 Å². The second-order valence-electron chi connectivity index (χ2n) is 7.24. The Balaban J connectivity index is 1.62. The first-order valence-corrected chi connectivity index (χ1v) is 11.1. The molecule has 0 aliphatic heterocycles. The summed E-state index contributed by atoms with van der Waals surface area (Å²) in [4.78, 5) is 24.0. The Hall–Kier alpha value is -3.19. The monoisotopic (exact) mass is 434 g/mol. The van der Waals surface area contributed by atoms with Crippen LogP contribution in [0.5, 0.6) is 0 Å². The number of fused-ring (bicyclic) bond motifs is 1. The molecule has 0 saturated carbocycles. The van der Waals surface area contributed by atoms with E-state index in [-0.39, 0.29) is 18.3 Å². The third-order valence-corrected chi connectivity index (χ3v) is 6.04. The summed E-state index contributed by atoms with van der Waals surface area (Å²) in [5.41, 5.74) is 4.43. The van der Waals surface area contributed by atoms with E-state index >= 15 is 0 Å². The largest absolute Gasteiger partial charge is 0.311 e. The zero-order chi connectivity index (χ0) is 21.8. The van der Waals surface area contributed by atoms with Crippen LogP contribution in [0, 0.1) is 12.7 Å². The lowest BCUT2D eigenvalue weighted by Gasteiger charge is -2.22. The molecule has 31 heavy (non-hydrogen) atoms. The van der Waals surface area contributed by atoms with Crippen LogP contribution in [0.4, 0.5) is 10.1 Å². The summed E-state index contributed by atoms with van der Waals surface area (Å²) in [6, 6.07) is 16.3. The fraction of sp³-hybridized carbons (Fsp3) is 0.208. The SMILES string of the molecule is CCN(C(=O)Cn1c(SCc2cccc(F)c2)nc2ccncc21)c1cccc(C)c1. The summed E-state index contributed by atoms with van der Waals surface area (Å²) < 4.78 is 15.4. The smallest absolute Gasteiger partial charge is 0.247 e. The number of halogens is 1. The third-order valence-electron chi connectivity index (χ3n) is 5.00. The second-order valence-corrected chi connectivity index (χ2v) is 8.18. The van der Waals surface area contributed by atoms with Crippen molar-refractivity contribution in [1.82, 2.24) is 14.5 Å². The highest BCUT2D eigenvalue weighted by Gasteiger charge is 2.19. The molecule has 4 aromatic rings. The van der Waals surface area contributed by atoms with Gasteiger partial charge in [-0.25, -0.2) is 9.37 Å². The van der Waals surface area contributed by atoms with Gasteiger partial charge in [0.05, 0.1) is 17.2 Å². The van der Waals surface area contributed by atoms with Crippen LogP contribution in [-0.2, 0) is 17.1 Å². The molecule has 0 N–H and O–H groups in total.